The molecule has 0 amide bonds. The van der Waals surface area contributed by atoms with Crippen LogP contribution >= 0.6 is 0 Å². The van der Waals surface area contributed by atoms with Crippen LogP contribution in [0, 0.1) is 0 Å². The molecule has 0 atom stereocenters. The van der Waals surface area contributed by atoms with E-state index in [2.05, 4.69) is 21.1 Å². The average molecular weight is 451 g/mol. The van der Waals surface area contributed by atoms with E-state index in [-0.39, 0.29) is 5.56 Å². The van der Waals surface area contributed by atoms with Gasteiger partial charge in [-0.15, -0.1) is 0 Å². The normalized spacial score (nSPS) is 14.4. The van der Waals surface area contributed by atoms with Gasteiger partial charge in [0.05, 0.1) is 23.6 Å². The predicted molar refractivity (Wildman–Crippen MR) is 132 cm³/mol. The molecular weight excluding hydrogens is 426 g/mol. The average Bonchev–Trinajstić information content (AvgIpc) is 3.20. The zero-order valence-electron chi connectivity index (χ0n) is 18.7. The lowest BCUT2D eigenvalue weighted by molar-refractivity contribution is -0.378. The van der Waals surface area contributed by atoms with Crippen LogP contribution in [0.5, 0.6) is 0 Å². The molecule has 0 aliphatic heterocycles. The van der Waals surface area contributed by atoms with Gasteiger partial charge in [-0.2, -0.15) is 9.78 Å². The number of benzene rings is 1. The number of fused-ring (bicyclic) bond motifs is 4. The van der Waals surface area contributed by atoms with Crippen molar-refractivity contribution in [2.75, 3.05) is 0 Å². The van der Waals surface area contributed by atoms with Gasteiger partial charge in [-0.3, -0.25) is 9.36 Å². The summed E-state index contributed by atoms with van der Waals surface area (Å²) in [4.78, 5) is 30.9. The maximum Gasteiger partial charge on any atom is 0.265 e. The molecule has 0 saturated heterocycles. The Morgan fingerprint density at radius 2 is 1.85 bits per heavy atom. The number of hydrogen-bond donors (Lipinski definition) is 0. The van der Waals surface area contributed by atoms with Crippen molar-refractivity contribution in [3.8, 4) is 0 Å². The van der Waals surface area contributed by atoms with Crippen LogP contribution < -0.4 is 10.5 Å². The molecule has 0 radical (unpaired) electrons. The molecule has 4 aromatic heterocycles. The minimum absolute atomic E-state index is 0.112. The predicted octanol–water partition coefficient (Wildman–Crippen LogP) is 3.88. The molecule has 8 heteroatoms. The molecule has 0 unspecified atom stereocenters. The first-order chi connectivity index (χ1) is 16.8. The summed E-state index contributed by atoms with van der Waals surface area (Å²) in [6.07, 6.45) is 14.9. The van der Waals surface area contributed by atoms with Gasteiger partial charge in [0.2, 0.25) is 0 Å². The quantitative estimate of drug-likeness (QED) is 0.300. The highest BCUT2D eigenvalue weighted by atomic mass is 16.1. The monoisotopic (exact) mass is 450 g/mol. The van der Waals surface area contributed by atoms with E-state index in [0.717, 1.165) is 35.9 Å². The number of H-pyrrole nitrogens is 1. The first-order valence-corrected chi connectivity index (χ1v) is 11.6. The number of pyridine rings is 1. The van der Waals surface area contributed by atoms with Gasteiger partial charge in [-0.1, -0.05) is 23.8 Å². The molecule has 5 aromatic rings. The fraction of sp³-hybridized carbons (Fsp3) is 0.231. The molecule has 1 aromatic carbocycles. The number of aryl methyl sites for hydroxylation is 1. The SMILES string of the molecule is O=c1c2c3nc4ccccc4nc3n(/N=C/c3cc[nH+]cc3)c2ncn1CCC1=CCCCC1. The molecule has 8 nitrogen and oxygen atoms in total. The van der Waals surface area contributed by atoms with Crippen LogP contribution in [0.15, 0.2) is 76.7 Å². The van der Waals surface area contributed by atoms with Crippen LogP contribution in [0.25, 0.3) is 33.2 Å². The molecule has 4 heterocycles. The summed E-state index contributed by atoms with van der Waals surface area (Å²) in [5.41, 5.74) is 5.21. The van der Waals surface area contributed by atoms with Gasteiger partial charge in [0.25, 0.3) is 5.56 Å². The van der Waals surface area contributed by atoms with Gasteiger partial charge in [-0.05, 0) is 44.2 Å². The van der Waals surface area contributed by atoms with E-state index in [9.17, 15) is 4.79 Å². The van der Waals surface area contributed by atoms with Crippen LogP contribution in [0.1, 0.15) is 37.7 Å². The van der Waals surface area contributed by atoms with E-state index < -0.39 is 0 Å². The highest BCUT2D eigenvalue weighted by Gasteiger charge is 2.20. The Labute approximate surface area is 195 Å². The number of aromatic amines is 1. The summed E-state index contributed by atoms with van der Waals surface area (Å²) in [6.45, 7) is 0.602. The van der Waals surface area contributed by atoms with Crippen LogP contribution in [0.2, 0.25) is 0 Å². The van der Waals surface area contributed by atoms with Crippen molar-refractivity contribution in [2.45, 2.75) is 38.6 Å². The Morgan fingerprint density at radius 3 is 2.65 bits per heavy atom. The van der Waals surface area contributed by atoms with Crippen LogP contribution in [0.4, 0.5) is 0 Å². The van der Waals surface area contributed by atoms with E-state index in [1.807, 2.05) is 48.8 Å². The van der Waals surface area contributed by atoms with Gasteiger partial charge in [0.1, 0.15) is 10.9 Å². The first-order valence-electron chi connectivity index (χ1n) is 11.6. The second-order valence-electron chi connectivity index (χ2n) is 8.57. The number of para-hydroxylation sites is 2. The highest BCUT2D eigenvalue weighted by molar-refractivity contribution is 6.04. The molecule has 1 aliphatic carbocycles. The van der Waals surface area contributed by atoms with Crippen molar-refractivity contribution in [3.05, 3.63) is 82.7 Å². The van der Waals surface area contributed by atoms with Crippen molar-refractivity contribution < 1.29 is 4.98 Å². The lowest BCUT2D eigenvalue weighted by atomic mass is 9.97. The summed E-state index contributed by atoms with van der Waals surface area (Å²) >= 11 is 0. The van der Waals surface area contributed by atoms with Gasteiger partial charge in [-0.25, -0.2) is 19.9 Å². The lowest BCUT2D eigenvalue weighted by Gasteiger charge is -2.13. The van der Waals surface area contributed by atoms with Gasteiger partial charge in [0, 0.05) is 24.2 Å². The fourth-order valence-corrected chi connectivity index (χ4v) is 4.53. The maximum absolute atomic E-state index is 13.6. The summed E-state index contributed by atoms with van der Waals surface area (Å²) in [7, 11) is 0. The highest BCUT2D eigenvalue weighted by Crippen LogP contribution is 2.25. The molecule has 6 rings (SSSR count). The number of hydrogen-bond acceptors (Lipinski definition) is 5. The number of nitrogens with zero attached hydrogens (tertiary/aromatic N) is 6. The van der Waals surface area contributed by atoms with Gasteiger partial charge >= 0.3 is 0 Å². The molecular formula is C26H24N7O+. The number of rotatable bonds is 5. The molecule has 34 heavy (non-hydrogen) atoms. The van der Waals surface area contributed by atoms with Crippen molar-refractivity contribution in [2.24, 2.45) is 5.10 Å². The molecule has 168 valence electrons. The third kappa shape index (κ3) is 3.67. The molecule has 0 spiro atoms. The number of allylic oxidation sites excluding steroid dienone is 2. The Balaban J connectivity index is 1.52. The largest absolute Gasteiger partial charge is 0.298 e. The Hall–Kier alpha value is -4.20. The van der Waals surface area contributed by atoms with Crippen molar-refractivity contribution in [3.63, 3.8) is 0 Å². The minimum atomic E-state index is -0.112. The molecule has 0 fully saturated rings. The van der Waals surface area contributed by atoms with Crippen LogP contribution in [-0.2, 0) is 6.54 Å². The van der Waals surface area contributed by atoms with Crippen molar-refractivity contribution in [1.82, 2.24) is 24.2 Å². The zero-order chi connectivity index (χ0) is 22.9. The standard InChI is InChI=1S/C26H23N7O/c34-26-22-23-25(31-21-9-5-4-8-20(21)30-23)33(29-16-19-10-13-27-14-11-19)24(22)28-17-32(26)15-12-18-6-2-1-3-7-18/h4-6,8-11,13-14,16-17H,1-3,7,12,15H2/p+1/b29-16+. The van der Waals surface area contributed by atoms with Crippen LogP contribution in [0.3, 0.4) is 0 Å². The third-order valence-electron chi connectivity index (χ3n) is 6.33. The molecule has 1 N–H and O–H groups in total. The molecule has 0 bridgehead atoms. The summed E-state index contributed by atoms with van der Waals surface area (Å²) in [6, 6.07) is 11.5. The Kier molecular flexibility index (Phi) is 5.18. The summed E-state index contributed by atoms with van der Waals surface area (Å²) in [5.74, 6) is 0. The van der Waals surface area contributed by atoms with E-state index in [4.69, 9.17) is 9.97 Å². The molecule has 0 saturated carbocycles. The number of aromatic nitrogens is 6. The summed E-state index contributed by atoms with van der Waals surface area (Å²) < 4.78 is 3.31. The Morgan fingerprint density at radius 1 is 1.03 bits per heavy atom. The van der Waals surface area contributed by atoms with E-state index in [1.165, 1.54) is 18.4 Å². The Bertz CT molecular complexity index is 1630. The maximum atomic E-state index is 13.6. The van der Waals surface area contributed by atoms with E-state index in [0.29, 0.717) is 28.7 Å². The van der Waals surface area contributed by atoms with Gasteiger partial charge in [0.15, 0.2) is 23.7 Å². The fourth-order valence-electron chi connectivity index (χ4n) is 4.53. The second-order valence-corrected chi connectivity index (χ2v) is 8.57. The summed E-state index contributed by atoms with van der Waals surface area (Å²) in [5, 5.41) is 5.10. The number of nitrogens with one attached hydrogen (secondary N) is 1. The smallest absolute Gasteiger partial charge is 0.265 e. The second kappa shape index (κ2) is 8.62. The van der Waals surface area contributed by atoms with Gasteiger partial charge < -0.3 is 0 Å². The zero-order valence-corrected chi connectivity index (χ0v) is 18.7. The van der Waals surface area contributed by atoms with E-state index >= 15 is 0 Å². The van der Waals surface area contributed by atoms with E-state index in [1.54, 1.807) is 21.8 Å². The van der Waals surface area contributed by atoms with Crippen molar-refractivity contribution in [1.29, 1.82) is 0 Å². The van der Waals surface area contributed by atoms with Crippen LogP contribution in [-0.4, -0.2) is 30.4 Å². The van der Waals surface area contributed by atoms with Crippen molar-refractivity contribution >= 4 is 39.4 Å². The first kappa shape index (κ1) is 20.4. The lowest BCUT2D eigenvalue weighted by Crippen LogP contribution is -2.21. The minimum Gasteiger partial charge on any atom is -0.298 e. The molecule has 1 aliphatic rings. The topological polar surface area (TPSA) is 92.1 Å². The third-order valence-corrected chi connectivity index (χ3v) is 6.33.